The van der Waals surface area contributed by atoms with Gasteiger partial charge in [-0.2, -0.15) is 5.26 Å². The van der Waals surface area contributed by atoms with Crippen molar-refractivity contribution in [2.45, 2.75) is 45.4 Å². The predicted octanol–water partition coefficient (Wildman–Crippen LogP) is 2.66. The number of nitrogens with two attached hydrogens (primary N) is 1. The van der Waals surface area contributed by atoms with Gasteiger partial charge in [-0.15, -0.1) is 0 Å². The Balaban J connectivity index is 2.74. The topological polar surface area (TPSA) is 93.2 Å². The fourth-order valence-corrected chi connectivity index (χ4v) is 3.22. The summed E-state index contributed by atoms with van der Waals surface area (Å²) in [5.74, 6) is 0.618. The third-order valence-corrected chi connectivity index (χ3v) is 4.45. The molecule has 0 aliphatic rings. The minimum Gasteiger partial charge on any atom is -0.494 e. The molecule has 0 unspecified atom stereocenters. The summed E-state index contributed by atoms with van der Waals surface area (Å²) in [5.41, 5.74) is 0.793. The number of hydrogen-bond acceptors (Lipinski definition) is 4. The molecule has 2 N–H and O–H groups in total. The van der Waals surface area contributed by atoms with Gasteiger partial charge in [-0.05, 0) is 63.8 Å². The molecule has 116 valence electrons. The van der Waals surface area contributed by atoms with Gasteiger partial charge in [-0.25, -0.2) is 13.6 Å². The maximum Gasteiger partial charge on any atom is 0.238 e. The number of aryl methyl sites for hydroxylation is 2. The van der Waals surface area contributed by atoms with Gasteiger partial charge in [0, 0.05) is 0 Å². The van der Waals surface area contributed by atoms with Gasteiger partial charge in [-0.3, -0.25) is 0 Å². The number of sulfonamides is 1. The Morgan fingerprint density at radius 3 is 2.24 bits per heavy atom. The highest BCUT2D eigenvalue weighted by Gasteiger charge is 2.17. The first-order valence-corrected chi connectivity index (χ1v) is 8.29. The van der Waals surface area contributed by atoms with Gasteiger partial charge in [0.15, 0.2) is 0 Å². The molecule has 0 saturated carbocycles. The SMILES string of the molecule is Cc1cc(OCCCC(C)(C)C#N)cc(C)c1S(N)(=O)=O. The number of nitrogens with zero attached hydrogens (tertiary/aromatic N) is 1. The quantitative estimate of drug-likeness (QED) is 0.817. The molecule has 0 bridgehead atoms. The molecule has 0 atom stereocenters. The molecule has 0 radical (unpaired) electrons. The molecule has 6 heteroatoms. The predicted molar refractivity (Wildman–Crippen MR) is 81.4 cm³/mol. The molecule has 0 saturated heterocycles. The smallest absolute Gasteiger partial charge is 0.238 e. The van der Waals surface area contributed by atoms with E-state index in [2.05, 4.69) is 6.07 Å². The molecule has 1 aromatic carbocycles. The van der Waals surface area contributed by atoms with Gasteiger partial charge in [0.05, 0.1) is 23.0 Å². The number of benzene rings is 1. The zero-order chi connectivity index (χ0) is 16.3. The van der Waals surface area contributed by atoms with E-state index >= 15 is 0 Å². The van der Waals surface area contributed by atoms with Crippen molar-refractivity contribution in [3.63, 3.8) is 0 Å². The van der Waals surface area contributed by atoms with Crippen LogP contribution in [0.25, 0.3) is 0 Å². The first-order valence-electron chi connectivity index (χ1n) is 6.75. The van der Waals surface area contributed by atoms with Gasteiger partial charge in [0.2, 0.25) is 10.0 Å². The van der Waals surface area contributed by atoms with Crippen LogP contribution in [-0.4, -0.2) is 15.0 Å². The first kappa shape index (κ1) is 17.5. The van der Waals surface area contributed by atoms with E-state index in [0.29, 0.717) is 23.5 Å². The van der Waals surface area contributed by atoms with Crippen molar-refractivity contribution in [1.29, 1.82) is 5.26 Å². The lowest BCUT2D eigenvalue weighted by atomic mass is 9.90. The molecule has 0 amide bonds. The Bertz CT molecular complexity index is 635. The lowest BCUT2D eigenvalue weighted by Gasteiger charge is -2.15. The standard InChI is InChI=1S/C15H22N2O3S/c1-11-8-13(9-12(2)14(11)21(17,18)19)20-7-5-6-15(3,4)10-16/h8-9H,5-7H2,1-4H3,(H2,17,18,19). The summed E-state index contributed by atoms with van der Waals surface area (Å²) in [6.45, 7) is 7.65. The number of ether oxygens (including phenoxy) is 1. The molecule has 0 heterocycles. The van der Waals surface area contributed by atoms with Crippen molar-refractivity contribution in [3.8, 4) is 11.8 Å². The molecular formula is C15H22N2O3S. The Morgan fingerprint density at radius 2 is 1.81 bits per heavy atom. The Kier molecular flexibility index (Phi) is 5.37. The van der Waals surface area contributed by atoms with E-state index in [1.807, 2.05) is 13.8 Å². The van der Waals surface area contributed by atoms with Gasteiger partial charge in [0.1, 0.15) is 5.75 Å². The van der Waals surface area contributed by atoms with E-state index in [1.165, 1.54) is 0 Å². The van der Waals surface area contributed by atoms with Crippen molar-refractivity contribution in [2.24, 2.45) is 10.6 Å². The normalized spacial score (nSPS) is 12.0. The Labute approximate surface area is 126 Å². The molecule has 21 heavy (non-hydrogen) atoms. The molecule has 0 aromatic heterocycles. The van der Waals surface area contributed by atoms with Crippen LogP contribution < -0.4 is 9.88 Å². The molecule has 0 aliphatic carbocycles. The van der Waals surface area contributed by atoms with Crippen molar-refractivity contribution in [3.05, 3.63) is 23.3 Å². The third-order valence-electron chi connectivity index (χ3n) is 3.24. The summed E-state index contributed by atoms with van der Waals surface area (Å²) in [7, 11) is -3.72. The number of primary sulfonamides is 1. The Hall–Kier alpha value is -1.58. The molecule has 1 aromatic rings. The van der Waals surface area contributed by atoms with Crippen LogP contribution in [0.5, 0.6) is 5.75 Å². The summed E-state index contributed by atoms with van der Waals surface area (Å²) >= 11 is 0. The second-order valence-corrected chi connectivity index (χ2v) is 7.38. The van der Waals surface area contributed by atoms with Crippen LogP contribution in [0.1, 0.15) is 37.8 Å². The average Bonchev–Trinajstić information content (AvgIpc) is 2.32. The lowest BCUT2D eigenvalue weighted by molar-refractivity contribution is 0.284. The van der Waals surface area contributed by atoms with Crippen LogP contribution in [0.4, 0.5) is 0 Å². The monoisotopic (exact) mass is 310 g/mol. The average molecular weight is 310 g/mol. The zero-order valence-corrected chi connectivity index (χ0v) is 13.8. The van der Waals surface area contributed by atoms with Crippen molar-refractivity contribution >= 4 is 10.0 Å². The summed E-state index contributed by atoms with van der Waals surface area (Å²) < 4.78 is 28.6. The number of rotatable bonds is 6. The van der Waals surface area contributed by atoms with Gasteiger partial charge in [-0.1, -0.05) is 0 Å². The van der Waals surface area contributed by atoms with Crippen molar-refractivity contribution in [1.82, 2.24) is 0 Å². The Morgan fingerprint density at radius 1 is 1.29 bits per heavy atom. The van der Waals surface area contributed by atoms with Gasteiger partial charge in [0.25, 0.3) is 0 Å². The summed E-state index contributed by atoms with van der Waals surface area (Å²) in [5, 5.41) is 14.1. The molecule has 0 spiro atoms. The number of hydrogen-bond donors (Lipinski definition) is 1. The van der Waals surface area contributed by atoms with Crippen LogP contribution >= 0.6 is 0 Å². The molecule has 1 rings (SSSR count). The van der Waals surface area contributed by atoms with E-state index in [1.54, 1.807) is 26.0 Å². The second kappa shape index (κ2) is 6.46. The maximum absolute atomic E-state index is 11.5. The first-order chi connectivity index (χ1) is 9.57. The molecular weight excluding hydrogens is 288 g/mol. The lowest BCUT2D eigenvalue weighted by Crippen LogP contribution is -2.15. The zero-order valence-electron chi connectivity index (χ0n) is 12.9. The summed E-state index contributed by atoms with van der Waals surface area (Å²) in [6, 6.07) is 5.58. The van der Waals surface area contributed by atoms with Gasteiger partial charge >= 0.3 is 0 Å². The van der Waals surface area contributed by atoms with Crippen LogP contribution in [0.3, 0.4) is 0 Å². The maximum atomic E-state index is 11.5. The van der Waals surface area contributed by atoms with E-state index < -0.39 is 10.0 Å². The molecule has 0 fully saturated rings. The van der Waals surface area contributed by atoms with E-state index in [0.717, 1.165) is 12.8 Å². The summed E-state index contributed by atoms with van der Waals surface area (Å²) in [6.07, 6.45) is 1.51. The van der Waals surface area contributed by atoms with Crippen molar-refractivity contribution in [2.75, 3.05) is 6.61 Å². The number of nitriles is 1. The second-order valence-electron chi connectivity index (χ2n) is 5.88. The van der Waals surface area contributed by atoms with Crippen LogP contribution in [0.2, 0.25) is 0 Å². The summed E-state index contributed by atoms with van der Waals surface area (Å²) in [4.78, 5) is 0.153. The highest BCUT2D eigenvalue weighted by atomic mass is 32.2. The fourth-order valence-electron chi connectivity index (χ4n) is 2.20. The van der Waals surface area contributed by atoms with Crippen LogP contribution in [-0.2, 0) is 10.0 Å². The third kappa shape index (κ3) is 5.03. The van der Waals surface area contributed by atoms with Crippen LogP contribution in [0.15, 0.2) is 17.0 Å². The van der Waals surface area contributed by atoms with E-state index in [-0.39, 0.29) is 10.3 Å². The highest BCUT2D eigenvalue weighted by Crippen LogP contribution is 2.26. The van der Waals surface area contributed by atoms with E-state index in [4.69, 9.17) is 15.1 Å². The highest BCUT2D eigenvalue weighted by molar-refractivity contribution is 7.89. The minimum absolute atomic E-state index is 0.153. The van der Waals surface area contributed by atoms with Crippen LogP contribution in [0, 0.1) is 30.6 Å². The van der Waals surface area contributed by atoms with Crippen molar-refractivity contribution < 1.29 is 13.2 Å². The minimum atomic E-state index is -3.72. The molecule has 0 aliphatic heterocycles. The van der Waals surface area contributed by atoms with E-state index in [9.17, 15) is 8.42 Å². The fraction of sp³-hybridized carbons (Fsp3) is 0.533. The largest absolute Gasteiger partial charge is 0.494 e. The van der Waals surface area contributed by atoms with Gasteiger partial charge < -0.3 is 4.74 Å². The molecule has 5 nitrogen and oxygen atoms in total.